The zero-order valence-electron chi connectivity index (χ0n) is 13.6. The van der Waals surface area contributed by atoms with Crippen LogP contribution in [0.25, 0.3) is 0 Å². The molecule has 1 amide bonds. The summed E-state index contributed by atoms with van der Waals surface area (Å²) >= 11 is 0. The summed E-state index contributed by atoms with van der Waals surface area (Å²) < 4.78 is 5.67. The highest BCUT2D eigenvalue weighted by atomic mass is 16.4. The van der Waals surface area contributed by atoms with Crippen molar-refractivity contribution >= 4 is 5.91 Å². The number of hydrogen-bond acceptors (Lipinski definition) is 2. The van der Waals surface area contributed by atoms with Gasteiger partial charge in [-0.25, -0.2) is 0 Å². The molecule has 2 atom stereocenters. The highest BCUT2D eigenvalue weighted by Gasteiger charge is 2.15. The Balaban J connectivity index is 1.90. The first-order chi connectivity index (χ1) is 10.6. The van der Waals surface area contributed by atoms with Gasteiger partial charge < -0.3 is 14.6 Å². The molecule has 0 radical (unpaired) electrons. The molecule has 0 bridgehead atoms. The van der Waals surface area contributed by atoms with Crippen LogP contribution in [0.5, 0.6) is 0 Å². The molecule has 1 aromatic heterocycles. The van der Waals surface area contributed by atoms with Gasteiger partial charge in [-0.1, -0.05) is 37.3 Å². The van der Waals surface area contributed by atoms with E-state index >= 15 is 0 Å². The first-order valence-corrected chi connectivity index (χ1v) is 7.83. The Kier molecular flexibility index (Phi) is 5.78. The Morgan fingerprint density at radius 2 is 1.91 bits per heavy atom. The van der Waals surface area contributed by atoms with Crippen LogP contribution in [-0.4, -0.2) is 19.0 Å². The van der Waals surface area contributed by atoms with Crippen LogP contribution in [0.2, 0.25) is 0 Å². The van der Waals surface area contributed by atoms with Crippen molar-refractivity contribution in [3.63, 3.8) is 0 Å². The number of quaternary nitrogens is 1. The summed E-state index contributed by atoms with van der Waals surface area (Å²) in [6, 6.07) is 14.2. The third-order valence-corrected chi connectivity index (χ3v) is 3.70. The van der Waals surface area contributed by atoms with Gasteiger partial charge >= 0.3 is 0 Å². The van der Waals surface area contributed by atoms with Gasteiger partial charge in [0, 0.05) is 11.6 Å². The van der Waals surface area contributed by atoms with Gasteiger partial charge in [-0.05, 0) is 25.5 Å². The molecule has 4 heteroatoms. The molecule has 1 unspecified atom stereocenters. The summed E-state index contributed by atoms with van der Waals surface area (Å²) in [7, 11) is 2.12. The highest BCUT2D eigenvalue weighted by molar-refractivity contribution is 5.91. The van der Waals surface area contributed by atoms with E-state index in [1.165, 1.54) is 10.5 Å². The number of hydrogen-bond donors (Lipinski definition) is 2. The molecule has 0 saturated carbocycles. The minimum absolute atomic E-state index is 0.138. The van der Waals surface area contributed by atoms with Gasteiger partial charge in [0.25, 0.3) is 5.91 Å². The van der Waals surface area contributed by atoms with Crippen molar-refractivity contribution in [2.45, 2.75) is 39.4 Å². The van der Waals surface area contributed by atoms with Crippen LogP contribution in [0.15, 0.2) is 46.9 Å². The Morgan fingerprint density at radius 3 is 2.59 bits per heavy atom. The van der Waals surface area contributed by atoms with E-state index in [1.807, 2.05) is 38.1 Å². The third-order valence-electron chi connectivity index (χ3n) is 3.70. The monoisotopic (exact) mass is 301 g/mol. The molecule has 1 heterocycles. The maximum absolute atomic E-state index is 12.0. The molecule has 0 aliphatic carbocycles. The Bertz CT molecular complexity index is 592. The SMILES string of the molecule is CC[C@H](C)NC(=O)c1ccc(C[NH+](C)Cc2ccccc2)o1. The fraction of sp³-hybridized carbons (Fsp3) is 0.389. The molecular weight excluding hydrogens is 276 g/mol. The average Bonchev–Trinajstić information content (AvgIpc) is 2.96. The van der Waals surface area contributed by atoms with E-state index in [9.17, 15) is 4.79 Å². The van der Waals surface area contributed by atoms with Gasteiger partial charge in [0.15, 0.2) is 11.5 Å². The van der Waals surface area contributed by atoms with Crippen molar-refractivity contribution in [2.24, 2.45) is 0 Å². The molecule has 0 aliphatic heterocycles. The number of benzene rings is 1. The van der Waals surface area contributed by atoms with E-state index < -0.39 is 0 Å². The average molecular weight is 301 g/mol. The quantitative estimate of drug-likeness (QED) is 0.822. The smallest absolute Gasteiger partial charge is 0.287 e. The second-order valence-corrected chi connectivity index (χ2v) is 5.84. The normalized spacial score (nSPS) is 13.6. The predicted octanol–water partition coefficient (Wildman–Crippen LogP) is 2.02. The molecule has 1 aromatic carbocycles. The highest BCUT2D eigenvalue weighted by Crippen LogP contribution is 2.07. The van der Waals surface area contributed by atoms with Crippen LogP contribution in [0.4, 0.5) is 0 Å². The molecule has 2 aromatic rings. The summed E-state index contributed by atoms with van der Waals surface area (Å²) in [5, 5.41) is 2.91. The van der Waals surface area contributed by atoms with Crippen molar-refractivity contribution in [3.05, 3.63) is 59.5 Å². The molecule has 118 valence electrons. The van der Waals surface area contributed by atoms with E-state index in [4.69, 9.17) is 4.42 Å². The van der Waals surface area contributed by atoms with Crippen molar-refractivity contribution in [2.75, 3.05) is 7.05 Å². The van der Waals surface area contributed by atoms with E-state index in [0.717, 1.165) is 25.3 Å². The summed E-state index contributed by atoms with van der Waals surface area (Å²) in [6.45, 7) is 5.71. The second-order valence-electron chi connectivity index (χ2n) is 5.84. The van der Waals surface area contributed by atoms with E-state index in [0.29, 0.717) is 5.76 Å². The number of carbonyl (C=O) groups excluding carboxylic acids is 1. The lowest BCUT2D eigenvalue weighted by atomic mass is 10.2. The molecule has 0 spiro atoms. The minimum Gasteiger partial charge on any atom is -0.450 e. The molecule has 0 fully saturated rings. The number of carbonyl (C=O) groups is 1. The number of rotatable bonds is 7. The lowest BCUT2D eigenvalue weighted by Crippen LogP contribution is -3.06. The van der Waals surface area contributed by atoms with Gasteiger partial charge in [0.2, 0.25) is 0 Å². The van der Waals surface area contributed by atoms with E-state index in [-0.39, 0.29) is 11.9 Å². The van der Waals surface area contributed by atoms with E-state index in [2.05, 4.69) is 24.5 Å². The molecule has 22 heavy (non-hydrogen) atoms. The van der Waals surface area contributed by atoms with Crippen LogP contribution in [0.3, 0.4) is 0 Å². The summed E-state index contributed by atoms with van der Waals surface area (Å²) in [5.41, 5.74) is 1.29. The number of nitrogens with one attached hydrogen (secondary N) is 2. The molecule has 0 saturated heterocycles. The van der Waals surface area contributed by atoms with Crippen molar-refractivity contribution in [3.8, 4) is 0 Å². The number of furan rings is 1. The summed E-state index contributed by atoms with van der Waals surface area (Å²) in [6.07, 6.45) is 0.906. The predicted molar refractivity (Wildman–Crippen MR) is 86.7 cm³/mol. The second kappa shape index (κ2) is 7.80. The topological polar surface area (TPSA) is 46.7 Å². The van der Waals surface area contributed by atoms with Crippen molar-refractivity contribution < 1.29 is 14.1 Å². The van der Waals surface area contributed by atoms with Gasteiger partial charge in [-0.15, -0.1) is 0 Å². The Hall–Kier alpha value is -2.07. The van der Waals surface area contributed by atoms with Crippen LogP contribution in [-0.2, 0) is 13.1 Å². The molecule has 4 nitrogen and oxygen atoms in total. The van der Waals surface area contributed by atoms with Crippen molar-refractivity contribution in [1.82, 2.24) is 5.32 Å². The minimum atomic E-state index is -0.138. The maximum Gasteiger partial charge on any atom is 0.287 e. The molecule has 2 rings (SSSR count). The number of amides is 1. The largest absolute Gasteiger partial charge is 0.450 e. The molecule has 2 N–H and O–H groups in total. The fourth-order valence-corrected chi connectivity index (χ4v) is 2.30. The van der Waals surface area contributed by atoms with Gasteiger partial charge in [-0.2, -0.15) is 0 Å². The molecule has 0 aliphatic rings. The lowest BCUT2D eigenvalue weighted by Gasteiger charge is -2.12. The van der Waals surface area contributed by atoms with Crippen LogP contribution in [0, 0.1) is 0 Å². The van der Waals surface area contributed by atoms with Crippen molar-refractivity contribution in [1.29, 1.82) is 0 Å². The summed E-state index contributed by atoms with van der Waals surface area (Å²) in [5.74, 6) is 1.09. The first kappa shape index (κ1) is 16.3. The Morgan fingerprint density at radius 1 is 1.18 bits per heavy atom. The lowest BCUT2D eigenvalue weighted by molar-refractivity contribution is -0.908. The fourth-order valence-electron chi connectivity index (χ4n) is 2.30. The zero-order valence-corrected chi connectivity index (χ0v) is 13.6. The van der Waals surface area contributed by atoms with Gasteiger partial charge in [-0.3, -0.25) is 4.79 Å². The molecular formula is C18H25N2O2+. The van der Waals surface area contributed by atoms with Crippen LogP contribution < -0.4 is 10.2 Å². The zero-order chi connectivity index (χ0) is 15.9. The third kappa shape index (κ3) is 4.74. The van der Waals surface area contributed by atoms with Gasteiger partial charge in [0.1, 0.15) is 13.1 Å². The summed E-state index contributed by atoms with van der Waals surface area (Å²) in [4.78, 5) is 13.3. The van der Waals surface area contributed by atoms with Crippen LogP contribution in [0.1, 0.15) is 42.1 Å². The maximum atomic E-state index is 12.0. The van der Waals surface area contributed by atoms with E-state index in [1.54, 1.807) is 6.07 Å². The first-order valence-electron chi connectivity index (χ1n) is 7.83. The Labute approximate surface area is 132 Å². The van der Waals surface area contributed by atoms with Crippen LogP contribution >= 0.6 is 0 Å². The van der Waals surface area contributed by atoms with Gasteiger partial charge in [0.05, 0.1) is 7.05 Å². The standard InChI is InChI=1S/C18H24N2O2/c1-4-14(2)19-18(21)17-11-10-16(22-17)13-20(3)12-15-8-6-5-7-9-15/h5-11,14H,4,12-13H2,1-3H3,(H,19,21)/p+1/t14-/m0/s1.